The first-order valence-electron chi connectivity index (χ1n) is 2.42. The van der Waals surface area contributed by atoms with E-state index in [1.165, 1.54) is 6.39 Å². The number of aryl methyl sites for hydroxylation is 1. The van der Waals surface area contributed by atoms with Crippen molar-refractivity contribution in [2.45, 2.75) is 6.92 Å². The van der Waals surface area contributed by atoms with Crippen LogP contribution in [-0.2, 0) is 0 Å². The SMILES string of the molecule is CNc1ncoc1C. The standard InChI is InChI=1S/C5H8N2O/c1-4-5(6-2)7-3-8-4/h3,6H,1-2H3. The molecule has 0 radical (unpaired) electrons. The molecule has 0 fully saturated rings. The molecule has 0 spiro atoms. The molecule has 0 saturated heterocycles. The highest BCUT2D eigenvalue weighted by Crippen LogP contribution is 2.07. The van der Waals surface area contributed by atoms with Gasteiger partial charge in [0.25, 0.3) is 0 Å². The van der Waals surface area contributed by atoms with Crippen LogP contribution in [0.3, 0.4) is 0 Å². The van der Waals surface area contributed by atoms with Gasteiger partial charge in [-0.05, 0) is 6.92 Å². The Hall–Kier alpha value is -0.990. The van der Waals surface area contributed by atoms with Crippen LogP contribution < -0.4 is 5.32 Å². The van der Waals surface area contributed by atoms with Crippen LogP contribution in [-0.4, -0.2) is 12.0 Å². The van der Waals surface area contributed by atoms with Crippen LogP contribution in [0.4, 0.5) is 5.82 Å². The molecular weight excluding hydrogens is 104 g/mol. The maximum atomic E-state index is 4.88. The maximum absolute atomic E-state index is 4.88. The molecule has 0 saturated carbocycles. The lowest BCUT2D eigenvalue weighted by molar-refractivity contribution is 0.527. The molecule has 1 rings (SSSR count). The molecule has 3 nitrogen and oxygen atoms in total. The summed E-state index contributed by atoms with van der Waals surface area (Å²) >= 11 is 0. The van der Waals surface area contributed by atoms with E-state index in [2.05, 4.69) is 10.3 Å². The molecule has 1 heterocycles. The summed E-state index contributed by atoms with van der Waals surface area (Å²) in [6, 6.07) is 0. The van der Waals surface area contributed by atoms with Crippen molar-refractivity contribution in [2.75, 3.05) is 12.4 Å². The molecule has 1 N–H and O–H groups in total. The Bertz CT molecular complexity index is 171. The normalized spacial score (nSPS) is 9.25. The molecule has 0 aromatic carbocycles. The van der Waals surface area contributed by atoms with Crippen molar-refractivity contribution in [2.24, 2.45) is 0 Å². The minimum absolute atomic E-state index is 0.810. The summed E-state index contributed by atoms with van der Waals surface area (Å²) in [5.41, 5.74) is 0. The van der Waals surface area contributed by atoms with Crippen molar-refractivity contribution in [3.8, 4) is 0 Å². The number of nitrogens with zero attached hydrogens (tertiary/aromatic N) is 1. The fourth-order valence-electron chi connectivity index (χ4n) is 0.545. The smallest absolute Gasteiger partial charge is 0.183 e. The van der Waals surface area contributed by atoms with Gasteiger partial charge in [0.2, 0.25) is 0 Å². The Balaban J connectivity index is 2.92. The van der Waals surface area contributed by atoms with Crippen molar-refractivity contribution in [1.82, 2.24) is 4.98 Å². The average molecular weight is 112 g/mol. The van der Waals surface area contributed by atoms with Gasteiger partial charge < -0.3 is 9.73 Å². The highest BCUT2D eigenvalue weighted by Gasteiger charge is 1.95. The molecular formula is C5H8N2O. The van der Waals surface area contributed by atoms with E-state index < -0.39 is 0 Å². The Morgan fingerprint density at radius 1 is 1.75 bits per heavy atom. The van der Waals surface area contributed by atoms with Gasteiger partial charge in [0.15, 0.2) is 12.2 Å². The van der Waals surface area contributed by atoms with Crippen molar-refractivity contribution in [1.29, 1.82) is 0 Å². The zero-order chi connectivity index (χ0) is 5.98. The van der Waals surface area contributed by atoms with Crippen molar-refractivity contribution >= 4 is 5.82 Å². The fraction of sp³-hybridized carbons (Fsp3) is 0.400. The van der Waals surface area contributed by atoms with E-state index in [9.17, 15) is 0 Å². The number of anilines is 1. The van der Waals surface area contributed by atoms with Gasteiger partial charge in [-0.15, -0.1) is 0 Å². The number of rotatable bonds is 1. The maximum Gasteiger partial charge on any atom is 0.183 e. The van der Waals surface area contributed by atoms with Crippen molar-refractivity contribution < 1.29 is 4.42 Å². The van der Waals surface area contributed by atoms with Gasteiger partial charge in [-0.3, -0.25) is 0 Å². The van der Waals surface area contributed by atoms with Crippen molar-refractivity contribution in [3.05, 3.63) is 12.2 Å². The molecule has 8 heavy (non-hydrogen) atoms. The summed E-state index contributed by atoms with van der Waals surface area (Å²) in [6.07, 6.45) is 1.42. The zero-order valence-electron chi connectivity index (χ0n) is 4.93. The van der Waals surface area contributed by atoms with E-state index in [1.807, 2.05) is 14.0 Å². The third-order valence-corrected chi connectivity index (χ3v) is 0.982. The molecule has 1 aromatic heterocycles. The second-order valence-electron chi connectivity index (χ2n) is 1.51. The van der Waals surface area contributed by atoms with E-state index in [0.717, 1.165) is 11.6 Å². The van der Waals surface area contributed by atoms with Gasteiger partial charge in [0, 0.05) is 7.05 Å². The van der Waals surface area contributed by atoms with E-state index >= 15 is 0 Å². The molecule has 44 valence electrons. The lowest BCUT2D eigenvalue weighted by atomic mass is 10.5. The third-order valence-electron chi connectivity index (χ3n) is 0.982. The molecule has 0 unspecified atom stereocenters. The molecule has 0 atom stereocenters. The predicted molar refractivity (Wildman–Crippen MR) is 30.8 cm³/mol. The van der Waals surface area contributed by atoms with Gasteiger partial charge >= 0.3 is 0 Å². The van der Waals surface area contributed by atoms with Crippen LogP contribution in [0.15, 0.2) is 10.8 Å². The number of aromatic nitrogens is 1. The fourth-order valence-corrected chi connectivity index (χ4v) is 0.545. The van der Waals surface area contributed by atoms with Crippen LogP contribution in [0.1, 0.15) is 5.76 Å². The lowest BCUT2D eigenvalue weighted by Crippen LogP contribution is -1.88. The third kappa shape index (κ3) is 0.665. The minimum Gasteiger partial charge on any atom is -0.446 e. The molecule has 0 aliphatic rings. The summed E-state index contributed by atoms with van der Waals surface area (Å²) in [5.74, 6) is 1.64. The van der Waals surface area contributed by atoms with E-state index in [-0.39, 0.29) is 0 Å². The summed E-state index contributed by atoms with van der Waals surface area (Å²) in [6.45, 7) is 1.86. The second kappa shape index (κ2) is 1.86. The first kappa shape index (κ1) is 5.15. The van der Waals surface area contributed by atoms with Crippen LogP contribution in [0.2, 0.25) is 0 Å². The number of hydrogen-bond donors (Lipinski definition) is 1. The largest absolute Gasteiger partial charge is 0.446 e. The molecule has 0 aliphatic heterocycles. The Morgan fingerprint density at radius 3 is 2.75 bits per heavy atom. The summed E-state index contributed by atoms with van der Waals surface area (Å²) < 4.78 is 4.88. The molecule has 0 bridgehead atoms. The van der Waals surface area contributed by atoms with Gasteiger partial charge in [0.05, 0.1) is 0 Å². The quantitative estimate of drug-likeness (QED) is 0.589. The van der Waals surface area contributed by atoms with Gasteiger partial charge in [-0.1, -0.05) is 0 Å². The summed E-state index contributed by atoms with van der Waals surface area (Å²) in [7, 11) is 1.81. The van der Waals surface area contributed by atoms with Gasteiger partial charge in [0.1, 0.15) is 5.76 Å². The van der Waals surface area contributed by atoms with Crippen LogP contribution in [0.25, 0.3) is 0 Å². The molecule has 0 aliphatic carbocycles. The number of hydrogen-bond acceptors (Lipinski definition) is 3. The minimum atomic E-state index is 0.810. The van der Waals surface area contributed by atoms with Crippen LogP contribution in [0, 0.1) is 6.92 Å². The highest BCUT2D eigenvalue weighted by molar-refractivity contribution is 5.35. The Labute approximate surface area is 47.7 Å². The molecule has 3 heteroatoms. The predicted octanol–water partition coefficient (Wildman–Crippen LogP) is 1.02. The summed E-state index contributed by atoms with van der Waals surface area (Å²) in [4.78, 5) is 3.86. The van der Waals surface area contributed by atoms with Gasteiger partial charge in [-0.25, -0.2) is 0 Å². The Kier molecular flexibility index (Phi) is 1.20. The monoisotopic (exact) mass is 112 g/mol. The molecule has 1 aromatic rings. The van der Waals surface area contributed by atoms with Crippen LogP contribution in [0.5, 0.6) is 0 Å². The topological polar surface area (TPSA) is 38.1 Å². The van der Waals surface area contributed by atoms with Crippen LogP contribution >= 0.6 is 0 Å². The lowest BCUT2D eigenvalue weighted by Gasteiger charge is -1.88. The van der Waals surface area contributed by atoms with E-state index in [0.29, 0.717) is 0 Å². The van der Waals surface area contributed by atoms with E-state index in [4.69, 9.17) is 4.42 Å². The number of nitrogens with one attached hydrogen (secondary N) is 1. The number of oxazole rings is 1. The summed E-state index contributed by atoms with van der Waals surface area (Å²) in [5, 5.41) is 2.87. The first-order chi connectivity index (χ1) is 3.84. The second-order valence-corrected chi connectivity index (χ2v) is 1.51. The molecule has 0 amide bonds. The van der Waals surface area contributed by atoms with Gasteiger partial charge in [-0.2, -0.15) is 4.98 Å². The Morgan fingerprint density at radius 2 is 2.50 bits per heavy atom. The first-order valence-corrected chi connectivity index (χ1v) is 2.42. The zero-order valence-corrected chi connectivity index (χ0v) is 4.93. The highest BCUT2D eigenvalue weighted by atomic mass is 16.3. The average Bonchev–Trinajstić information content (AvgIpc) is 2.14. The van der Waals surface area contributed by atoms with Crippen molar-refractivity contribution in [3.63, 3.8) is 0 Å². The van der Waals surface area contributed by atoms with E-state index in [1.54, 1.807) is 0 Å².